The van der Waals surface area contributed by atoms with Crippen LogP contribution < -0.4 is 5.32 Å². The molecule has 0 saturated heterocycles. The fourth-order valence-corrected chi connectivity index (χ4v) is 4.16. The lowest BCUT2D eigenvalue weighted by molar-refractivity contribution is 0.135. The van der Waals surface area contributed by atoms with Gasteiger partial charge in [0.25, 0.3) is 0 Å². The fraction of sp³-hybridized carbons (Fsp3) is 1.00. The molecule has 0 aliphatic heterocycles. The van der Waals surface area contributed by atoms with Crippen LogP contribution in [0.5, 0.6) is 0 Å². The Morgan fingerprint density at radius 3 is 2.29 bits per heavy atom. The molecule has 0 bridgehead atoms. The van der Waals surface area contributed by atoms with E-state index in [-0.39, 0.29) is 0 Å². The molecule has 1 N–H and O–H groups in total. The van der Waals surface area contributed by atoms with Gasteiger partial charge in [-0.05, 0) is 69.4 Å². The first-order chi connectivity index (χ1) is 10.3. The molecule has 0 amide bonds. The summed E-state index contributed by atoms with van der Waals surface area (Å²) in [6.45, 7) is 12.1. The molecular weight excluding hydrogens is 256 g/mol. The van der Waals surface area contributed by atoms with Crippen LogP contribution in [0.4, 0.5) is 0 Å². The molecule has 124 valence electrons. The molecule has 2 rings (SSSR count). The summed E-state index contributed by atoms with van der Waals surface area (Å²) >= 11 is 0. The van der Waals surface area contributed by atoms with Gasteiger partial charge in [0.2, 0.25) is 0 Å². The molecule has 2 aliphatic rings. The molecule has 0 heterocycles. The van der Waals surface area contributed by atoms with Gasteiger partial charge in [0.05, 0.1) is 0 Å². The average molecular weight is 295 g/mol. The largest absolute Gasteiger partial charge is 0.314 e. The van der Waals surface area contributed by atoms with E-state index in [1.807, 2.05) is 0 Å². The zero-order chi connectivity index (χ0) is 15.1. The lowest BCUT2D eigenvalue weighted by Gasteiger charge is -2.39. The first-order valence-electron chi connectivity index (χ1n) is 9.72. The van der Waals surface area contributed by atoms with Crippen LogP contribution in [-0.4, -0.2) is 37.1 Å². The van der Waals surface area contributed by atoms with Crippen molar-refractivity contribution in [3.63, 3.8) is 0 Å². The predicted molar refractivity (Wildman–Crippen MR) is 92.7 cm³/mol. The molecule has 2 fully saturated rings. The van der Waals surface area contributed by atoms with Crippen molar-refractivity contribution in [3.05, 3.63) is 0 Å². The maximum atomic E-state index is 3.86. The van der Waals surface area contributed by atoms with E-state index in [9.17, 15) is 0 Å². The maximum Gasteiger partial charge on any atom is 0.0108 e. The van der Waals surface area contributed by atoms with Gasteiger partial charge in [-0.1, -0.05) is 33.6 Å². The predicted octanol–water partition coefficient (Wildman–Crippen LogP) is 4.30. The monoisotopic (exact) mass is 294 g/mol. The van der Waals surface area contributed by atoms with Gasteiger partial charge in [0.1, 0.15) is 0 Å². The van der Waals surface area contributed by atoms with Crippen LogP contribution in [0.3, 0.4) is 0 Å². The summed E-state index contributed by atoms with van der Waals surface area (Å²) in [4.78, 5) is 2.75. The van der Waals surface area contributed by atoms with Gasteiger partial charge in [-0.15, -0.1) is 0 Å². The van der Waals surface area contributed by atoms with Crippen molar-refractivity contribution in [2.45, 2.75) is 78.2 Å². The smallest absolute Gasteiger partial charge is 0.0108 e. The molecule has 2 heteroatoms. The number of nitrogens with zero attached hydrogens (tertiary/aromatic N) is 1. The summed E-state index contributed by atoms with van der Waals surface area (Å²) in [7, 11) is 0. The van der Waals surface area contributed by atoms with Crippen LogP contribution in [0.2, 0.25) is 0 Å². The first kappa shape index (κ1) is 17.3. The second-order valence-corrected chi connectivity index (χ2v) is 7.58. The highest BCUT2D eigenvalue weighted by Gasteiger charge is 2.32. The molecule has 0 aromatic heterocycles. The van der Waals surface area contributed by atoms with E-state index in [1.165, 1.54) is 77.5 Å². The van der Waals surface area contributed by atoms with E-state index in [0.717, 1.165) is 23.8 Å². The van der Waals surface area contributed by atoms with E-state index in [4.69, 9.17) is 0 Å². The summed E-state index contributed by atoms with van der Waals surface area (Å²) in [5.41, 5.74) is 0. The zero-order valence-electron chi connectivity index (χ0n) is 14.7. The molecule has 2 nitrogen and oxygen atoms in total. The summed E-state index contributed by atoms with van der Waals surface area (Å²) < 4.78 is 0. The Morgan fingerprint density at radius 2 is 1.67 bits per heavy atom. The molecular formula is C19H38N2. The topological polar surface area (TPSA) is 15.3 Å². The Bertz CT molecular complexity index is 275. The lowest BCUT2D eigenvalue weighted by atomic mass is 9.76. The van der Waals surface area contributed by atoms with E-state index in [1.54, 1.807) is 0 Å². The van der Waals surface area contributed by atoms with Crippen LogP contribution in [0, 0.1) is 17.8 Å². The number of hydrogen-bond donors (Lipinski definition) is 1. The summed E-state index contributed by atoms with van der Waals surface area (Å²) in [5.74, 6) is 2.92. The standard InChI is InChI=1S/C19H38N2/c1-4-7-16-10-11-19(20-12-5-2)18(13-16)15-21(6-3)14-17-8-9-17/h16-20H,4-15H2,1-3H3. The SMILES string of the molecule is CCCNC1CCC(CCC)CC1CN(CC)CC1CC1. The van der Waals surface area contributed by atoms with Gasteiger partial charge >= 0.3 is 0 Å². The van der Waals surface area contributed by atoms with Crippen molar-refractivity contribution in [1.29, 1.82) is 0 Å². The minimum atomic E-state index is 0.784. The Hall–Kier alpha value is -0.0800. The quantitative estimate of drug-likeness (QED) is 0.646. The van der Waals surface area contributed by atoms with Crippen molar-refractivity contribution >= 4 is 0 Å². The van der Waals surface area contributed by atoms with Crippen molar-refractivity contribution < 1.29 is 0 Å². The third-order valence-electron chi connectivity index (χ3n) is 5.60. The van der Waals surface area contributed by atoms with Gasteiger partial charge in [-0.2, -0.15) is 0 Å². The number of rotatable bonds is 10. The third kappa shape index (κ3) is 5.90. The van der Waals surface area contributed by atoms with Crippen LogP contribution in [0.25, 0.3) is 0 Å². The van der Waals surface area contributed by atoms with Crippen molar-refractivity contribution in [2.75, 3.05) is 26.2 Å². The first-order valence-corrected chi connectivity index (χ1v) is 9.72. The van der Waals surface area contributed by atoms with Crippen LogP contribution >= 0.6 is 0 Å². The maximum absolute atomic E-state index is 3.86. The van der Waals surface area contributed by atoms with Gasteiger partial charge in [-0.3, -0.25) is 0 Å². The number of nitrogens with one attached hydrogen (secondary N) is 1. The molecule has 0 aromatic carbocycles. The van der Waals surface area contributed by atoms with E-state index in [0.29, 0.717) is 0 Å². The van der Waals surface area contributed by atoms with Crippen LogP contribution in [0.1, 0.15) is 72.1 Å². The second kappa shape index (κ2) is 9.15. The van der Waals surface area contributed by atoms with E-state index >= 15 is 0 Å². The highest BCUT2D eigenvalue weighted by Crippen LogP contribution is 2.34. The lowest BCUT2D eigenvalue weighted by Crippen LogP contribution is -2.46. The van der Waals surface area contributed by atoms with Gasteiger partial charge in [0, 0.05) is 19.1 Å². The van der Waals surface area contributed by atoms with Gasteiger partial charge in [-0.25, -0.2) is 0 Å². The van der Waals surface area contributed by atoms with E-state index in [2.05, 4.69) is 31.0 Å². The molecule has 0 radical (unpaired) electrons. The molecule has 3 atom stereocenters. The van der Waals surface area contributed by atoms with Gasteiger partial charge < -0.3 is 10.2 Å². The minimum Gasteiger partial charge on any atom is -0.314 e. The van der Waals surface area contributed by atoms with Gasteiger partial charge in [0.15, 0.2) is 0 Å². The van der Waals surface area contributed by atoms with Crippen LogP contribution in [0.15, 0.2) is 0 Å². The highest BCUT2D eigenvalue weighted by atomic mass is 15.1. The molecule has 0 spiro atoms. The Balaban J connectivity index is 1.87. The normalized spacial score (nSPS) is 30.0. The Morgan fingerprint density at radius 1 is 0.905 bits per heavy atom. The summed E-state index contributed by atoms with van der Waals surface area (Å²) in [6.07, 6.45) is 11.4. The van der Waals surface area contributed by atoms with E-state index < -0.39 is 0 Å². The number of hydrogen-bond acceptors (Lipinski definition) is 2. The van der Waals surface area contributed by atoms with Crippen molar-refractivity contribution in [1.82, 2.24) is 10.2 Å². The van der Waals surface area contributed by atoms with Crippen molar-refractivity contribution in [2.24, 2.45) is 17.8 Å². The summed E-state index contributed by atoms with van der Waals surface area (Å²) in [6, 6.07) is 0.784. The molecule has 21 heavy (non-hydrogen) atoms. The van der Waals surface area contributed by atoms with Crippen LogP contribution in [-0.2, 0) is 0 Å². The molecule has 0 aromatic rings. The molecule has 3 unspecified atom stereocenters. The summed E-state index contributed by atoms with van der Waals surface area (Å²) in [5, 5.41) is 3.86. The molecule has 2 aliphatic carbocycles. The zero-order valence-corrected chi connectivity index (χ0v) is 14.7. The minimum absolute atomic E-state index is 0.784. The Kier molecular flexibility index (Phi) is 7.53. The average Bonchev–Trinajstić information content (AvgIpc) is 3.30. The van der Waals surface area contributed by atoms with Crippen molar-refractivity contribution in [3.8, 4) is 0 Å². The Labute approximate surface area is 133 Å². The molecule has 2 saturated carbocycles. The highest BCUT2D eigenvalue weighted by molar-refractivity contribution is 4.87. The fourth-order valence-electron chi connectivity index (χ4n) is 4.16. The third-order valence-corrected chi connectivity index (χ3v) is 5.60. The second-order valence-electron chi connectivity index (χ2n) is 7.58.